The molecule has 34 heavy (non-hydrogen) atoms. The molecule has 1 aromatic heterocycles. The van der Waals surface area contributed by atoms with Gasteiger partial charge in [-0.25, -0.2) is 4.79 Å². The zero-order chi connectivity index (χ0) is 23.7. The fourth-order valence-electron chi connectivity index (χ4n) is 5.43. The number of aromatic amines is 1. The van der Waals surface area contributed by atoms with Crippen LogP contribution < -0.4 is 4.74 Å². The Bertz CT molecular complexity index is 1150. The molecule has 3 aromatic rings. The van der Waals surface area contributed by atoms with Crippen molar-refractivity contribution in [3.63, 3.8) is 0 Å². The standard InChI is InChI=1S/C28H34N2O4/c1-18-14-26(33-2)24(23-10-12-29-27(18)23)16-30-13-11-22(34-17-19-4-3-5-19)15-25(30)20-6-8-21(9-7-20)28(31)32/h6-10,12,14,19,22,25,29H,3-5,11,13,15-17H2,1-2H3,(H,31,32)/t22-,25-/m1/s1. The fourth-order valence-corrected chi connectivity index (χ4v) is 5.43. The van der Waals surface area contributed by atoms with Gasteiger partial charge in [0.1, 0.15) is 5.75 Å². The number of fused-ring (bicyclic) bond motifs is 1. The van der Waals surface area contributed by atoms with Crippen LogP contribution >= 0.6 is 0 Å². The molecule has 6 heteroatoms. The van der Waals surface area contributed by atoms with Gasteiger partial charge in [0.15, 0.2) is 0 Å². The molecule has 2 N–H and O–H groups in total. The summed E-state index contributed by atoms with van der Waals surface area (Å²) in [5.74, 6) is 0.742. The zero-order valence-electron chi connectivity index (χ0n) is 20.0. The predicted molar refractivity (Wildman–Crippen MR) is 132 cm³/mol. The average Bonchev–Trinajstić information content (AvgIpc) is 3.31. The number of hydrogen-bond donors (Lipinski definition) is 2. The van der Waals surface area contributed by atoms with Crippen LogP contribution in [0.5, 0.6) is 5.75 Å². The minimum absolute atomic E-state index is 0.156. The lowest BCUT2D eigenvalue weighted by Crippen LogP contribution is -2.40. The number of methoxy groups -OCH3 is 1. The van der Waals surface area contributed by atoms with Crippen LogP contribution in [0.2, 0.25) is 0 Å². The smallest absolute Gasteiger partial charge is 0.335 e. The minimum Gasteiger partial charge on any atom is -0.496 e. The van der Waals surface area contributed by atoms with E-state index in [1.54, 1.807) is 19.2 Å². The molecule has 2 atom stereocenters. The average molecular weight is 463 g/mol. The van der Waals surface area contributed by atoms with Crippen LogP contribution in [0.3, 0.4) is 0 Å². The van der Waals surface area contributed by atoms with Gasteiger partial charge in [0, 0.05) is 48.4 Å². The molecule has 1 aliphatic carbocycles. The molecule has 1 saturated carbocycles. The number of H-pyrrole nitrogens is 1. The van der Waals surface area contributed by atoms with Crippen molar-refractivity contribution in [3.05, 3.63) is 64.8 Å². The van der Waals surface area contributed by atoms with Gasteiger partial charge in [-0.1, -0.05) is 18.6 Å². The Morgan fingerprint density at radius 3 is 2.65 bits per heavy atom. The second kappa shape index (κ2) is 9.80. The summed E-state index contributed by atoms with van der Waals surface area (Å²) in [6.45, 7) is 4.65. The van der Waals surface area contributed by atoms with Crippen molar-refractivity contribution >= 4 is 16.9 Å². The molecular weight excluding hydrogens is 428 g/mol. The Balaban J connectivity index is 1.42. The van der Waals surface area contributed by atoms with Gasteiger partial charge >= 0.3 is 5.97 Å². The monoisotopic (exact) mass is 462 g/mol. The SMILES string of the molecule is COc1cc(C)c2[nH]ccc2c1CN1CC[C@@H](OCC2CCC2)C[C@@H]1c1ccc(C(=O)O)cc1. The van der Waals surface area contributed by atoms with E-state index in [-0.39, 0.29) is 12.1 Å². The lowest BCUT2D eigenvalue weighted by atomic mass is 9.86. The molecule has 6 nitrogen and oxygen atoms in total. The summed E-state index contributed by atoms with van der Waals surface area (Å²) < 4.78 is 12.2. The maximum Gasteiger partial charge on any atom is 0.335 e. The summed E-state index contributed by atoms with van der Waals surface area (Å²) in [6.07, 6.45) is 8.04. The Kier molecular flexibility index (Phi) is 6.61. The molecule has 0 radical (unpaired) electrons. The van der Waals surface area contributed by atoms with Crippen molar-refractivity contribution in [3.8, 4) is 5.75 Å². The van der Waals surface area contributed by atoms with Crippen LogP contribution in [0.25, 0.3) is 10.9 Å². The molecule has 2 fully saturated rings. The van der Waals surface area contributed by atoms with Gasteiger partial charge in [0.2, 0.25) is 0 Å². The number of aryl methyl sites for hydroxylation is 1. The Morgan fingerprint density at radius 2 is 1.97 bits per heavy atom. The maximum atomic E-state index is 11.4. The number of aromatic nitrogens is 1. The molecular formula is C28H34N2O4. The first-order valence-electron chi connectivity index (χ1n) is 12.4. The molecule has 2 aliphatic rings. The van der Waals surface area contributed by atoms with Gasteiger partial charge in [-0.3, -0.25) is 4.90 Å². The van der Waals surface area contributed by atoms with E-state index < -0.39 is 5.97 Å². The van der Waals surface area contributed by atoms with Crippen LogP contribution in [0.4, 0.5) is 0 Å². The van der Waals surface area contributed by atoms with E-state index in [0.717, 1.165) is 55.3 Å². The number of carboxylic acids is 1. The number of carbonyl (C=O) groups is 1. The molecule has 0 amide bonds. The van der Waals surface area contributed by atoms with E-state index in [9.17, 15) is 9.90 Å². The molecule has 1 aliphatic heterocycles. The summed E-state index contributed by atoms with van der Waals surface area (Å²) in [4.78, 5) is 17.2. The van der Waals surface area contributed by atoms with Crippen molar-refractivity contribution in [1.29, 1.82) is 0 Å². The van der Waals surface area contributed by atoms with Crippen molar-refractivity contribution in [2.45, 2.75) is 57.7 Å². The van der Waals surface area contributed by atoms with E-state index in [0.29, 0.717) is 5.56 Å². The Morgan fingerprint density at radius 1 is 1.18 bits per heavy atom. The van der Waals surface area contributed by atoms with E-state index in [1.807, 2.05) is 18.3 Å². The topological polar surface area (TPSA) is 74.8 Å². The highest BCUT2D eigenvalue weighted by molar-refractivity contribution is 5.88. The number of benzene rings is 2. The molecule has 0 bridgehead atoms. The van der Waals surface area contributed by atoms with Crippen LogP contribution in [-0.4, -0.2) is 47.3 Å². The lowest BCUT2D eigenvalue weighted by molar-refractivity contribution is -0.0412. The molecule has 2 heterocycles. The van der Waals surface area contributed by atoms with Crippen LogP contribution in [-0.2, 0) is 11.3 Å². The highest BCUT2D eigenvalue weighted by Crippen LogP contribution is 2.38. The lowest BCUT2D eigenvalue weighted by Gasteiger charge is -2.41. The summed E-state index contributed by atoms with van der Waals surface area (Å²) in [6, 6.07) is 11.8. The first kappa shape index (κ1) is 22.9. The molecule has 180 valence electrons. The number of ether oxygens (including phenoxy) is 2. The molecule has 1 saturated heterocycles. The second-order valence-corrected chi connectivity index (χ2v) is 9.83. The third-order valence-corrected chi connectivity index (χ3v) is 7.69. The van der Waals surface area contributed by atoms with Gasteiger partial charge in [-0.05, 0) is 73.9 Å². The number of rotatable bonds is 8. The van der Waals surface area contributed by atoms with E-state index >= 15 is 0 Å². The molecule has 0 spiro atoms. The number of carboxylic acid groups (broad SMARTS) is 1. The Labute approximate surface area is 200 Å². The number of nitrogens with one attached hydrogen (secondary N) is 1. The van der Waals surface area contributed by atoms with E-state index in [2.05, 4.69) is 28.9 Å². The molecule has 2 aromatic carbocycles. The summed E-state index contributed by atoms with van der Waals surface area (Å²) in [5, 5.41) is 10.5. The van der Waals surface area contributed by atoms with Crippen molar-refractivity contribution in [1.82, 2.24) is 9.88 Å². The number of likely N-dealkylation sites (tertiary alicyclic amines) is 1. The second-order valence-electron chi connectivity index (χ2n) is 9.83. The van der Waals surface area contributed by atoms with Crippen molar-refractivity contribution in [2.75, 3.05) is 20.3 Å². The summed E-state index contributed by atoms with van der Waals surface area (Å²) >= 11 is 0. The third kappa shape index (κ3) is 4.57. The van der Waals surface area contributed by atoms with Crippen LogP contribution in [0.15, 0.2) is 42.6 Å². The molecule has 5 rings (SSSR count). The minimum atomic E-state index is -0.895. The van der Waals surface area contributed by atoms with E-state index in [4.69, 9.17) is 9.47 Å². The predicted octanol–water partition coefficient (Wildman–Crippen LogP) is 5.71. The zero-order valence-corrected chi connectivity index (χ0v) is 20.0. The number of hydrogen-bond acceptors (Lipinski definition) is 4. The Hall–Kier alpha value is -2.83. The van der Waals surface area contributed by atoms with Crippen molar-refractivity contribution in [2.24, 2.45) is 5.92 Å². The molecule has 0 unspecified atom stereocenters. The summed E-state index contributed by atoms with van der Waals surface area (Å²) in [5.41, 5.74) is 4.96. The van der Waals surface area contributed by atoms with Crippen molar-refractivity contribution < 1.29 is 19.4 Å². The summed E-state index contributed by atoms with van der Waals surface area (Å²) in [7, 11) is 1.74. The van der Waals surface area contributed by atoms with E-state index in [1.165, 1.54) is 35.8 Å². The van der Waals surface area contributed by atoms with Gasteiger partial charge < -0.3 is 19.6 Å². The number of nitrogens with zero attached hydrogens (tertiary/aromatic N) is 1. The highest BCUT2D eigenvalue weighted by atomic mass is 16.5. The van der Waals surface area contributed by atoms with Crippen LogP contribution in [0.1, 0.15) is 65.2 Å². The van der Waals surface area contributed by atoms with Gasteiger partial charge in [0.25, 0.3) is 0 Å². The number of piperidine rings is 1. The highest BCUT2D eigenvalue weighted by Gasteiger charge is 2.32. The van der Waals surface area contributed by atoms with Gasteiger partial charge in [0.05, 0.1) is 18.8 Å². The van der Waals surface area contributed by atoms with Gasteiger partial charge in [-0.15, -0.1) is 0 Å². The normalized spacial score (nSPS) is 21.5. The van der Waals surface area contributed by atoms with Gasteiger partial charge in [-0.2, -0.15) is 0 Å². The largest absolute Gasteiger partial charge is 0.496 e. The third-order valence-electron chi connectivity index (χ3n) is 7.69. The first-order valence-corrected chi connectivity index (χ1v) is 12.4. The quantitative estimate of drug-likeness (QED) is 0.449. The van der Waals surface area contributed by atoms with Crippen LogP contribution in [0, 0.1) is 12.8 Å². The fraction of sp³-hybridized carbons (Fsp3) is 0.464. The maximum absolute atomic E-state index is 11.4. The number of aromatic carboxylic acids is 1. The first-order chi connectivity index (χ1) is 16.5.